The summed E-state index contributed by atoms with van der Waals surface area (Å²) >= 11 is 5.77. The number of hydrogen-bond acceptors (Lipinski definition) is 3. The van der Waals surface area contributed by atoms with Crippen molar-refractivity contribution in [1.29, 1.82) is 0 Å². The first kappa shape index (κ1) is 13.2. The highest BCUT2D eigenvalue weighted by Crippen LogP contribution is 2.26. The number of nitrogens with one attached hydrogen (secondary N) is 1. The Morgan fingerprint density at radius 1 is 1.50 bits per heavy atom. The molecular weight excluding hydrogens is 252 g/mol. The first-order valence-electron chi connectivity index (χ1n) is 5.93. The third-order valence-corrected chi connectivity index (χ3v) is 3.47. The van der Waals surface area contributed by atoms with Gasteiger partial charge in [0.05, 0.1) is 11.1 Å². The van der Waals surface area contributed by atoms with Gasteiger partial charge in [-0.1, -0.05) is 11.6 Å². The SMILES string of the molecule is CC1(C)CNCCN1C(=O)c1ccc(Cl)cc1O. The molecule has 1 saturated heterocycles. The molecule has 5 heteroatoms. The van der Waals surface area contributed by atoms with Gasteiger partial charge in [-0.15, -0.1) is 0 Å². The third-order valence-electron chi connectivity index (χ3n) is 3.24. The van der Waals surface area contributed by atoms with E-state index in [2.05, 4.69) is 5.32 Å². The highest BCUT2D eigenvalue weighted by Gasteiger charge is 2.34. The molecule has 2 N–H and O–H groups in total. The summed E-state index contributed by atoms with van der Waals surface area (Å²) in [4.78, 5) is 14.2. The van der Waals surface area contributed by atoms with Crippen molar-refractivity contribution >= 4 is 17.5 Å². The molecule has 0 saturated carbocycles. The van der Waals surface area contributed by atoms with Gasteiger partial charge in [-0.05, 0) is 32.0 Å². The van der Waals surface area contributed by atoms with Gasteiger partial charge in [-0.25, -0.2) is 0 Å². The summed E-state index contributed by atoms with van der Waals surface area (Å²) in [5.41, 5.74) is 0.0379. The second-order valence-corrected chi connectivity index (χ2v) is 5.54. The van der Waals surface area contributed by atoms with E-state index >= 15 is 0 Å². The minimum Gasteiger partial charge on any atom is -0.507 e. The van der Waals surface area contributed by atoms with E-state index in [-0.39, 0.29) is 17.2 Å². The van der Waals surface area contributed by atoms with E-state index in [0.29, 0.717) is 17.1 Å². The number of hydrogen-bond donors (Lipinski definition) is 2. The average molecular weight is 269 g/mol. The van der Waals surface area contributed by atoms with E-state index in [9.17, 15) is 9.90 Å². The Morgan fingerprint density at radius 2 is 2.22 bits per heavy atom. The highest BCUT2D eigenvalue weighted by molar-refractivity contribution is 6.30. The third kappa shape index (κ3) is 2.44. The molecule has 1 aromatic carbocycles. The minimum absolute atomic E-state index is 0.0677. The number of nitrogens with zero attached hydrogens (tertiary/aromatic N) is 1. The number of carbonyl (C=O) groups excluding carboxylic acids is 1. The van der Waals surface area contributed by atoms with Crippen LogP contribution < -0.4 is 5.32 Å². The zero-order valence-electron chi connectivity index (χ0n) is 10.5. The molecule has 1 aliphatic rings. The lowest BCUT2D eigenvalue weighted by atomic mass is 9.98. The van der Waals surface area contributed by atoms with E-state index < -0.39 is 0 Å². The van der Waals surface area contributed by atoms with Crippen LogP contribution in [-0.2, 0) is 0 Å². The molecule has 2 rings (SSSR count). The normalized spacial score (nSPS) is 18.7. The Kier molecular flexibility index (Phi) is 3.50. The van der Waals surface area contributed by atoms with Gasteiger partial charge in [-0.2, -0.15) is 0 Å². The topological polar surface area (TPSA) is 52.6 Å². The molecule has 1 amide bonds. The molecule has 0 spiro atoms. The molecular formula is C13H17ClN2O2. The molecule has 18 heavy (non-hydrogen) atoms. The van der Waals surface area contributed by atoms with Gasteiger partial charge in [-0.3, -0.25) is 4.79 Å². The minimum atomic E-state index is -0.262. The molecule has 0 atom stereocenters. The van der Waals surface area contributed by atoms with Crippen molar-refractivity contribution in [3.8, 4) is 5.75 Å². The van der Waals surface area contributed by atoms with Crippen LogP contribution in [0.15, 0.2) is 18.2 Å². The monoisotopic (exact) mass is 268 g/mol. The fraction of sp³-hybridized carbons (Fsp3) is 0.462. The van der Waals surface area contributed by atoms with E-state index in [1.54, 1.807) is 17.0 Å². The van der Waals surface area contributed by atoms with Crippen molar-refractivity contribution in [3.63, 3.8) is 0 Å². The molecule has 4 nitrogen and oxygen atoms in total. The number of aromatic hydroxyl groups is 1. The summed E-state index contributed by atoms with van der Waals surface area (Å²) in [5, 5.41) is 13.5. The number of benzene rings is 1. The van der Waals surface area contributed by atoms with Crippen molar-refractivity contribution < 1.29 is 9.90 Å². The quantitative estimate of drug-likeness (QED) is 0.818. The zero-order valence-corrected chi connectivity index (χ0v) is 11.3. The number of piperazine rings is 1. The first-order valence-corrected chi connectivity index (χ1v) is 6.31. The number of phenols is 1. The molecule has 0 bridgehead atoms. The fourth-order valence-electron chi connectivity index (χ4n) is 2.19. The number of phenolic OH excluding ortho intramolecular Hbond substituents is 1. The van der Waals surface area contributed by atoms with Gasteiger partial charge in [0, 0.05) is 24.7 Å². The van der Waals surface area contributed by atoms with Gasteiger partial charge in [0.1, 0.15) is 5.75 Å². The lowest BCUT2D eigenvalue weighted by Gasteiger charge is -2.42. The number of carbonyl (C=O) groups is 1. The molecule has 98 valence electrons. The van der Waals surface area contributed by atoms with Gasteiger partial charge < -0.3 is 15.3 Å². The zero-order chi connectivity index (χ0) is 13.3. The molecule has 0 radical (unpaired) electrons. The average Bonchev–Trinajstić information content (AvgIpc) is 2.27. The van der Waals surface area contributed by atoms with E-state index in [4.69, 9.17) is 11.6 Å². The summed E-state index contributed by atoms with van der Waals surface area (Å²) in [6.07, 6.45) is 0. The second-order valence-electron chi connectivity index (χ2n) is 5.11. The van der Waals surface area contributed by atoms with Crippen LogP contribution in [0, 0.1) is 0 Å². The van der Waals surface area contributed by atoms with Gasteiger partial charge in [0.2, 0.25) is 0 Å². The van der Waals surface area contributed by atoms with Crippen LogP contribution in [0.5, 0.6) is 5.75 Å². The Labute approximate surface area is 112 Å². The van der Waals surface area contributed by atoms with Crippen LogP contribution in [0.25, 0.3) is 0 Å². The van der Waals surface area contributed by atoms with Crippen LogP contribution >= 0.6 is 11.6 Å². The largest absolute Gasteiger partial charge is 0.507 e. The predicted octanol–water partition coefficient (Wildman–Crippen LogP) is 1.87. The van der Waals surface area contributed by atoms with Gasteiger partial charge in [0.25, 0.3) is 5.91 Å². The van der Waals surface area contributed by atoms with E-state index in [1.165, 1.54) is 6.07 Å². The molecule has 1 aliphatic heterocycles. The Hall–Kier alpha value is -1.26. The fourth-order valence-corrected chi connectivity index (χ4v) is 2.36. The van der Waals surface area contributed by atoms with Gasteiger partial charge in [0.15, 0.2) is 0 Å². The Balaban J connectivity index is 2.30. The molecule has 0 aromatic heterocycles. The molecule has 1 aromatic rings. The molecule has 0 aliphatic carbocycles. The molecule has 1 heterocycles. The molecule has 1 fully saturated rings. The Morgan fingerprint density at radius 3 is 2.83 bits per heavy atom. The van der Waals surface area contributed by atoms with Gasteiger partial charge >= 0.3 is 0 Å². The summed E-state index contributed by atoms with van der Waals surface area (Å²) in [6, 6.07) is 4.58. The van der Waals surface area contributed by atoms with Crippen molar-refractivity contribution in [2.75, 3.05) is 19.6 Å². The summed E-state index contributed by atoms with van der Waals surface area (Å²) in [6.45, 7) is 6.15. The van der Waals surface area contributed by atoms with E-state index in [1.807, 2.05) is 13.8 Å². The van der Waals surface area contributed by atoms with E-state index in [0.717, 1.165) is 13.1 Å². The van der Waals surface area contributed by atoms with Crippen molar-refractivity contribution in [2.24, 2.45) is 0 Å². The lowest BCUT2D eigenvalue weighted by Crippen LogP contribution is -2.59. The summed E-state index contributed by atoms with van der Waals surface area (Å²) < 4.78 is 0. The van der Waals surface area contributed by atoms with Crippen LogP contribution in [0.1, 0.15) is 24.2 Å². The maximum absolute atomic E-state index is 12.4. The number of rotatable bonds is 1. The number of halogens is 1. The standard InChI is InChI=1S/C13H17ClN2O2/c1-13(2)8-15-5-6-16(13)12(18)10-4-3-9(14)7-11(10)17/h3-4,7,15,17H,5-6,8H2,1-2H3. The first-order chi connectivity index (χ1) is 8.42. The van der Waals surface area contributed by atoms with Crippen LogP contribution in [0.4, 0.5) is 0 Å². The van der Waals surface area contributed by atoms with Crippen molar-refractivity contribution in [2.45, 2.75) is 19.4 Å². The summed E-state index contributed by atoms with van der Waals surface area (Å²) in [5.74, 6) is -0.225. The predicted molar refractivity (Wildman–Crippen MR) is 71.1 cm³/mol. The van der Waals surface area contributed by atoms with Crippen LogP contribution in [0.3, 0.4) is 0 Å². The lowest BCUT2D eigenvalue weighted by molar-refractivity contribution is 0.0474. The van der Waals surface area contributed by atoms with Crippen LogP contribution in [-0.4, -0.2) is 41.1 Å². The smallest absolute Gasteiger partial charge is 0.258 e. The Bertz CT molecular complexity index is 474. The maximum atomic E-state index is 12.4. The second kappa shape index (κ2) is 4.78. The highest BCUT2D eigenvalue weighted by atomic mass is 35.5. The van der Waals surface area contributed by atoms with Crippen LogP contribution in [0.2, 0.25) is 5.02 Å². The van der Waals surface area contributed by atoms with Crippen molar-refractivity contribution in [3.05, 3.63) is 28.8 Å². The van der Waals surface area contributed by atoms with Crippen molar-refractivity contribution in [1.82, 2.24) is 10.2 Å². The molecule has 0 unspecified atom stereocenters. The maximum Gasteiger partial charge on any atom is 0.258 e. The summed E-state index contributed by atoms with van der Waals surface area (Å²) in [7, 11) is 0. The number of amides is 1.